The highest BCUT2D eigenvalue weighted by Gasteiger charge is 2.20. The highest BCUT2D eigenvalue weighted by molar-refractivity contribution is 5.71. The Morgan fingerprint density at radius 1 is 0.284 bits per heavy atom. The summed E-state index contributed by atoms with van der Waals surface area (Å²) in [6.45, 7) is 11.5. The lowest BCUT2D eigenvalue weighted by Gasteiger charge is -2.18. The first-order valence-corrected chi connectivity index (χ1v) is 33.8. The number of esters is 3. The van der Waals surface area contributed by atoms with Crippen LogP contribution >= 0.6 is 0 Å². The highest BCUT2D eigenvalue weighted by atomic mass is 16.6. The molecule has 0 bridgehead atoms. The van der Waals surface area contributed by atoms with Crippen molar-refractivity contribution in [2.45, 2.75) is 394 Å². The predicted molar refractivity (Wildman–Crippen MR) is 321 cm³/mol. The number of rotatable bonds is 62. The normalized spacial score (nSPS) is 12.4. The van der Waals surface area contributed by atoms with Gasteiger partial charge in [0.05, 0.1) is 0 Å². The van der Waals surface area contributed by atoms with Crippen LogP contribution < -0.4 is 0 Å². The van der Waals surface area contributed by atoms with Crippen molar-refractivity contribution in [3.63, 3.8) is 0 Å². The van der Waals surface area contributed by atoms with Crippen molar-refractivity contribution in [2.24, 2.45) is 11.8 Å². The minimum Gasteiger partial charge on any atom is -0.462 e. The molecular weight excluding hydrogens is 913 g/mol. The standard InChI is InChI=1S/C68H132O6/c1-6-8-9-10-11-12-13-14-15-16-17-21-24-27-33-38-43-48-53-58-66(69)72-61-65(74-68(71)60-55-50-45-40-35-30-29-31-36-41-46-51-56-63(3)4)62-73-67(70)59-54-49-44-39-34-28-25-22-19-18-20-23-26-32-37-42-47-52-57-64(5)7-2/h63-65H,6-62H2,1-5H3/t64?,65-/m0/s1. The molecule has 0 N–H and O–H groups in total. The van der Waals surface area contributed by atoms with Crippen LogP contribution in [0.4, 0.5) is 0 Å². The SMILES string of the molecule is CCCCCCCCCCCCCCCCCCCCCC(=O)OC[C@@H](COC(=O)CCCCCCCCCCCCCCCCCCCCC(C)CC)OC(=O)CCCCCCCCCCCCCCC(C)C. The van der Waals surface area contributed by atoms with Gasteiger partial charge in [0.1, 0.15) is 13.2 Å². The third kappa shape index (κ3) is 59.7. The van der Waals surface area contributed by atoms with Crippen LogP contribution in [0.1, 0.15) is 388 Å². The molecule has 6 nitrogen and oxygen atoms in total. The molecule has 0 spiro atoms. The average molecular weight is 1050 g/mol. The van der Waals surface area contributed by atoms with E-state index in [2.05, 4.69) is 34.6 Å². The van der Waals surface area contributed by atoms with Gasteiger partial charge in [-0.25, -0.2) is 0 Å². The Hall–Kier alpha value is -1.59. The molecule has 0 aliphatic heterocycles. The van der Waals surface area contributed by atoms with Gasteiger partial charge in [-0.3, -0.25) is 14.4 Å². The molecule has 1 unspecified atom stereocenters. The third-order valence-corrected chi connectivity index (χ3v) is 16.1. The molecule has 6 heteroatoms. The molecule has 0 saturated carbocycles. The van der Waals surface area contributed by atoms with Crippen LogP contribution in [0.2, 0.25) is 0 Å². The van der Waals surface area contributed by atoms with Crippen molar-refractivity contribution < 1.29 is 28.6 Å². The summed E-state index contributed by atoms with van der Waals surface area (Å²) in [5.74, 6) is 0.914. The summed E-state index contributed by atoms with van der Waals surface area (Å²) in [5.41, 5.74) is 0. The van der Waals surface area contributed by atoms with Crippen molar-refractivity contribution in [2.75, 3.05) is 13.2 Å². The van der Waals surface area contributed by atoms with Crippen LogP contribution in [0.25, 0.3) is 0 Å². The van der Waals surface area contributed by atoms with Crippen molar-refractivity contribution in [1.29, 1.82) is 0 Å². The second kappa shape index (κ2) is 60.6. The van der Waals surface area contributed by atoms with Crippen LogP contribution in [0.3, 0.4) is 0 Å². The molecule has 2 atom stereocenters. The molecule has 0 aromatic carbocycles. The number of hydrogen-bond donors (Lipinski definition) is 0. The van der Waals surface area contributed by atoms with E-state index in [4.69, 9.17) is 14.2 Å². The molecule has 0 heterocycles. The van der Waals surface area contributed by atoms with Crippen LogP contribution in [0.5, 0.6) is 0 Å². The summed E-state index contributed by atoms with van der Waals surface area (Å²) in [5, 5.41) is 0. The van der Waals surface area contributed by atoms with E-state index in [0.717, 1.165) is 69.6 Å². The second-order valence-electron chi connectivity index (χ2n) is 24.2. The van der Waals surface area contributed by atoms with Gasteiger partial charge in [0, 0.05) is 19.3 Å². The first kappa shape index (κ1) is 72.4. The lowest BCUT2D eigenvalue weighted by atomic mass is 9.99. The van der Waals surface area contributed by atoms with Gasteiger partial charge in [-0.05, 0) is 31.1 Å². The molecule has 0 aromatic heterocycles. The monoisotopic (exact) mass is 1050 g/mol. The number of unbranched alkanes of at least 4 members (excludes halogenated alkanes) is 46. The molecule has 0 rings (SSSR count). The van der Waals surface area contributed by atoms with E-state index < -0.39 is 6.10 Å². The number of hydrogen-bond acceptors (Lipinski definition) is 6. The van der Waals surface area contributed by atoms with Crippen molar-refractivity contribution in [3.05, 3.63) is 0 Å². The highest BCUT2D eigenvalue weighted by Crippen LogP contribution is 2.20. The molecule has 0 radical (unpaired) electrons. The van der Waals surface area contributed by atoms with Gasteiger partial charge >= 0.3 is 17.9 Å². The number of carbonyl (C=O) groups excluding carboxylic acids is 3. The minimum atomic E-state index is -0.764. The summed E-state index contributed by atoms with van der Waals surface area (Å²) < 4.78 is 17.0. The van der Waals surface area contributed by atoms with E-state index in [-0.39, 0.29) is 31.1 Å². The van der Waals surface area contributed by atoms with Crippen LogP contribution in [0, 0.1) is 11.8 Å². The summed E-state index contributed by atoms with van der Waals surface area (Å²) in [6, 6.07) is 0. The summed E-state index contributed by atoms with van der Waals surface area (Å²) in [6.07, 6.45) is 68.2. The smallest absolute Gasteiger partial charge is 0.306 e. The number of ether oxygens (including phenoxy) is 3. The quantitative estimate of drug-likeness (QED) is 0.0343. The number of carbonyl (C=O) groups is 3. The van der Waals surface area contributed by atoms with Gasteiger partial charge in [0.25, 0.3) is 0 Å². The molecular formula is C68H132O6. The maximum absolute atomic E-state index is 12.9. The fourth-order valence-corrected chi connectivity index (χ4v) is 10.6. The zero-order valence-electron chi connectivity index (χ0n) is 51.0. The van der Waals surface area contributed by atoms with Crippen molar-refractivity contribution in [1.82, 2.24) is 0 Å². The predicted octanol–water partition coefficient (Wildman–Crippen LogP) is 22.8. The Labute approximate surface area is 463 Å². The Morgan fingerprint density at radius 3 is 0.770 bits per heavy atom. The summed E-state index contributed by atoms with van der Waals surface area (Å²) in [7, 11) is 0. The van der Waals surface area contributed by atoms with Crippen LogP contribution in [-0.2, 0) is 28.6 Å². The molecule has 440 valence electrons. The van der Waals surface area contributed by atoms with Crippen LogP contribution in [-0.4, -0.2) is 37.2 Å². The Balaban J connectivity index is 4.25. The Kier molecular flexibility index (Phi) is 59.3. The molecule has 0 fully saturated rings. The van der Waals surface area contributed by atoms with Gasteiger partial charge < -0.3 is 14.2 Å². The first-order chi connectivity index (χ1) is 36.3. The summed E-state index contributed by atoms with van der Waals surface area (Å²) in [4.78, 5) is 38.4. The molecule has 0 amide bonds. The maximum atomic E-state index is 12.9. The topological polar surface area (TPSA) is 78.9 Å². The first-order valence-electron chi connectivity index (χ1n) is 33.8. The molecule has 0 aliphatic carbocycles. The lowest BCUT2D eigenvalue weighted by molar-refractivity contribution is -0.167. The maximum Gasteiger partial charge on any atom is 0.306 e. The minimum absolute atomic E-state index is 0.0617. The van der Waals surface area contributed by atoms with E-state index in [1.54, 1.807) is 0 Å². The van der Waals surface area contributed by atoms with Crippen LogP contribution in [0.15, 0.2) is 0 Å². The zero-order valence-corrected chi connectivity index (χ0v) is 51.0. The van der Waals surface area contributed by atoms with Gasteiger partial charge in [-0.15, -0.1) is 0 Å². The molecule has 0 aliphatic rings. The van der Waals surface area contributed by atoms with Gasteiger partial charge in [-0.1, -0.05) is 349 Å². The third-order valence-electron chi connectivity index (χ3n) is 16.1. The van der Waals surface area contributed by atoms with E-state index >= 15 is 0 Å². The van der Waals surface area contributed by atoms with E-state index in [0.29, 0.717) is 19.3 Å². The fraction of sp³-hybridized carbons (Fsp3) is 0.956. The Bertz CT molecular complexity index is 1140. The molecule has 74 heavy (non-hydrogen) atoms. The van der Waals surface area contributed by atoms with Gasteiger partial charge in [0.15, 0.2) is 6.10 Å². The van der Waals surface area contributed by atoms with Crippen molar-refractivity contribution in [3.8, 4) is 0 Å². The fourth-order valence-electron chi connectivity index (χ4n) is 10.6. The van der Waals surface area contributed by atoms with E-state index in [9.17, 15) is 14.4 Å². The van der Waals surface area contributed by atoms with E-state index in [1.807, 2.05) is 0 Å². The average Bonchev–Trinajstić information content (AvgIpc) is 3.39. The van der Waals surface area contributed by atoms with Gasteiger partial charge in [0.2, 0.25) is 0 Å². The molecule has 0 saturated heterocycles. The summed E-state index contributed by atoms with van der Waals surface area (Å²) >= 11 is 0. The van der Waals surface area contributed by atoms with Crippen molar-refractivity contribution >= 4 is 17.9 Å². The van der Waals surface area contributed by atoms with Gasteiger partial charge in [-0.2, -0.15) is 0 Å². The zero-order chi connectivity index (χ0) is 53.9. The largest absolute Gasteiger partial charge is 0.462 e. The lowest BCUT2D eigenvalue weighted by Crippen LogP contribution is -2.30. The second-order valence-corrected chi connectivity index (χ2v) is 24.2. The van der Waals surface area contributed by atoms with E-state index in [1.165, 1.54) is 276 Å². The Morgan fingerprint density at radius 2 is 0.514 bits per heavy atom. The molecule has 0 aromatic rings.